The van der Waals surface area contributed by atoms with Crippen molar-refractivity contribution in [2.45, 2.75) is 30.6 Å². The maximum absolute atomic E-state index is 12.1. The number of hydrogen-bond donors (Lipinski definition) is 2. The lowest BCUT2D eigenvalue weighted by atomic mass is 9.78. The van der Waals surface area contributed by atoms with Gasteiger partial charge in [0.05, 0.1) is 22.8 Å². The van der Waals surface area contributed by atoms with Crippen LogP contribution in [-0.4, -0.2) is 30.6 Å². The van der Waals surface area contributed by atoms with Gasteiger partial charge in [-0.05, 0) is 19.3 Å². The molecule has 0 radical (unpaired) electrons. The summed E-state index contributed by atoms with van der Waals surface area (Å²) >= 11 is 0. The molecular formula is C12H16N2O5S. The van der Waals surface area contributed by atoms with Gasteiger partial charge in [-0.25, -0.2) is 13.1 Å². The molecule has 0 saturated heterocycles. The summed E-state index contributed by atoms with van der Waals surface area (Å²) in [6.07, 6.45) is 2.02. The van der Waals surface area contributed by atoms with Gasteiger partial charge in [-0.3, -0.25) is 10.1 Å². The van der Waals surface area contributed by atoms with Crippen LogP contribution in [0.3, 0.4) is 0 Å². The first-order chi connectivity index (χ1) is 9.37. The van der Waals surface area contributed by atoms with Crippen molar-refractivity contribution < 1.29 is 18.4 Å². The molecule has 1 saturated carbocycles. The highest BCUT2D eigenvalue weighted by molar-refractivity contribution is 7.88. The molecule has 0 aliphatic heterocycles. The number of nitro groups is 1. The lowest BCUT2D eigenvalue weighted by Crippen LogP contribution is -2.56. The van der Waals surface area contributed by atoms with Crippen molar-refractivity contribution in [3.63, 3.8) is 0 Å². The third-order valence-electron chi connectivity index (χ3n) is 3.52. The van der Waals surface area contributed by atoms with Crippen LogP contribution in [0, 0.1) is 10.1 Å². The van der Waals surface area contributed by atoms with Gasteiger partial charge in [-0.1, -0.05) is 18.2 Å². The molecule has 0 amide bonds. The zero-order valence-corrected chi connectivity index (χ0v) is 11.6. The van der Waals surface area contributed by atoms with Crippen LogP contribution in [0.5, 0.6) is 0 Å². The highest BCUT2D eigenvalue weighted by Crippen LogP contribution is 2.32. The monoisotopic (exact) mass is 300 g/mol. The fraction of sp³-hybridized carbons (Fsp3) is 0.500. The molecule has 7 nitrogen and oxygen atoms in total. The van der Waals surface area contributed by atoms with Gasteiger partial charge in [0.2, 0.25) is 10.0 Å². The molecule has 1 aromatic carbocycles. The van der Waals surface area contributed by atoms with Gasteiger partial charge in [-0.15, -0.1) is 0 Å². The summed E-state index contributed by atoms with van der Waals surface area (Å²) in [5.41, 5.74) is -0.871. The lowest BCUT2D eigenvalue weighted by Gasteiger charge is -2.40. The number of aliphatic hydroxyl groups is 1. The normalized spacial score (nSPS) is 17.4. The first-order valence-electron chi connectivity index (χ1n) is 6.22. The maximum Gasteiger partial charge on any atom is 0.273 e. The van der Waals surface area contributed by atoms with E-state index in [1.165, 1.54) is 18.2 Å². The summed E-state index contributed by atoms with van der Waals surface area (Å²) in [5, 5.41) is 20.1. The highest BCUT2D eigenvalue weighted by Gasteiger charge is 2.40. The number of rotatable bonds is 6. The fourth-order valence-corrected chi connectivity index (χ4v) is 3.93. The molecule has 0 unspecified atom stereocenters. The summed E-state index contributed by atoms with van der Waals surface area (Å²) in [4.78, 5) is 10.3. The van der Waals surface area contributed by atoms with Gasteiger partial charge in [0.1, 0.15) is 0 Å². The van der Waals surface area contributed by atoms with Gasteiger partial charge >= 0.3 is 0 Å². The van der Waals surface area contributed by atoms with Gasteiger partial charge in [-0.2, -0.15) is 0 Å². The Morgan fingerprint density at radius 3 is 2.50 bits per heavy atom. The van der Waals surface area contributed by atoms with Crippen molar-refractivity contribution in [1.82, 2.24) is 4.72 Å². The molecule has 2 N–H and O–H groups in total. The number of nitrogens with one attached hydrogen (secondary N) is 1. The van der Waals surface area contributed by atoms with Crippen molar-refractivity contribution in [1.29, 1.82) is 0 Å². The van der Waals surface area contributed by atoms with E-state index < -0.39 is 26.2 Å². The van der Waals surface area contributed by atoms with E-state index in [9.17, 15) is 23.6 Å². The molecular weight excluding hydrogens is 284 g/mol. The Bertz CT molecular complexity index is 605. The van der Waals surface area contributed by atoms with Gasteiger partial charge < -0.3 is 5.11 Å². The standard InChI is InChI=1S/C12H16N2O5S/c15-9-12(6-3-7-12)13-20(18,19)8-10-4-1-2-5-11(10)14(16)17/h1-2,4-5,13,15H,3,6-9H2. The van der Waals surface area contributed by atoms with Crippen LogP contribution >= 0.6 is 0 Å². The highest BCUT2D eigenvalue weighted by atomic mass is 32.2. The third-order valence-corrected chi connectivity index (χ3v) is 4.95. The Hall–Kier alpha value is -1.51. The van der Waals surface area contributed by atoms with E-state index in [-0.39, 0.29) is 17.9 Å². The Kier molecular flexibility index (Phi) is 4.07. The zero-order chi connectivity index (χ0) is 14.8. The molecule has 8 heteroatoms. The van der Waals surface area contributed by atoms with Gasteiger partial charge in [0, 0.05) is 11.6 Å². The van der Waals surface area contributed by atoms with Crippen LogP contribution in [-0.2, 0) is 15.8 Å². The molecule has 0 spiro atoms. The molecule has 20 heavy (non-hydrogen) atoms. The molecule has 0 bridgehead atoms. The summed E-state index contributed by atoms with van der Waals surface area (Å²) in [6, 6.07) is 5.74. The molecule has 110 valence electrons. The van der Waals surface area contributed by atoms with E-state index >= 15 is 0 Å². The predicted molar refractivity (Wildman–Crippen MR) is 72.5 cm³/mol. The number of hydrogen-bond acceptors (Lipinski definition) is 5. The lowest BCUT2D eigenvalue weighted by molar-refractivity contribution is -0.385. The maximum atomic E-state index is 12.1. The van der Waals surface area contributed by atoms with Gasteiger partial charge in [0.15, 0.2) is 0 Å². The van der Waals surface area contributed by atoms with E-state index in [1.54, 1.807) is 6.07 Å². The molecule has 1 aliphatic rings. The number of aliphatic hydroxyl groups excluding tert-OH is 1. The Morgan fingerprint density at radius 2 is 2.00 bits per heavy atom. The van der Waals surface area contributed by atoms with E-state index in [1.807, 2.05) is 0 Å². The van der Waals surface area contributed by atoms with Crippen molar-refractivity contribution in [3.8, 4) is 0 Å². The average Bonchev–Trinajstić information content (AvgIpc) is 2.34. The molecule has 0 atom stereocenters. The number of para-hydroxylation sites is 1. The second-order valence-electron chi connectivity index (χ2n) is 5.04. The van der Waals surface area contributed by atoms with Crippen molar-refractivity contribution in [2.24, 2.45) is 0 Å². The smallest absolute Gasteiger partial charge is 0.273 e. The molecule has 0 aromatic heterocycles. The molecule has 1 fully saturated rings. The summed E-state index contributed by atoms with van der Waals surface area (Å²) < 4.78 is 26.7. The summed E-state index contributed by atoms with van der Waals surface area (Å²) in [7, 11) is -3.74. The Morgan fingerprint density at radius 1 is 1.35 bits per heavy atom. The van der Waals surface area contributed by atoms with E-state index in [2.05, 4.69) is 4.72 Å². The number of benzene rings is 1. The van der Waals surface area contributed by atoms with Crippen molar-refractivity contribution in [2.75, 3.05) is 6.61 Å². The number of nitrogens with zero attached hydrogens (tertiary/aromatic N) is 1. The van der Waals surface area contributed by atoms with Crippen LogP contribution in [0.2, 0.25) is 0 Å². The first kappa shape index (κ1) is 14.9. The van der Waals surface area contributed by atoms with Crippen LogP contribution < -0.4 is 4.72 Å². The quantitative estimate of drug-likeness (QED) is 0.600. The molecule has 1 aliphatic carbocycles. The largest absolute Gasteiger partial charge is 0.394 e. The van der Waals surface area contributed by atoms with Crippen LogP contribution in [0.4, 0.5) is 5.69 Å². The minimum Gasteiger partial charge on any atom is -0.394 e. The van der Waals surface area contributed by atoms with E-state index in [0.717, 1.165) is 6.42 Å². The fourth-order valence-electron chi connectivity index (χ4n) is 2.28. The minimum absolute atomic E-state index is 0.136. The van der Waals surface area contributed by atoms with Crippen LogP contribution in [0.1, 0.15) is 24.8 Å². The van der Waals surface area contributed by atoms with Crippen LogP contribution in [0.15, 0.2) is 24.3 Å². The van der Waals surface area contributed by atoms with Gasteiger partial charge in [0.25, 0.3) is 5.69 Å². The molecule has 2 rings (SSSR count). The molecule has 1 aromatic rings. The summed E-state index contributed by atoms with van der Waals surface area (Å²) in [6.45, 7) is -0.261. The van der Waals surface area contributed by atoms with Crippen molar-refractivity contribution in [3.05, 3.63) is 39.9 Å². The molecule has 0 heterocycles. The summed E-state index contributed by atoms with van der Waals surface area (Å²) in [5.74, 6) is -0.466. The second-order valence-corrected chi connectivity index (χ2v) is 6.76. The average molecular weight is 300 g/mol. The van der Waals surface area contributed by atoms with E-state index in [4.69, 9.17) is 0 Å². The number of sulfonamides is 1. The van der Waals surface area contributed by atoms with Crippen LogP contribution in [0.25, 0.3) is 0 Å². The SMILES string of the molecule is O=[N+]([O-])c1ccccc1CS(=O)(=O)NC1(CO)CCC1. The predicted octanol–water partition coefficient (Wildman–Crippen LogP) is 0.929. The topological polar surface area (TPSA) is 110 Å². The zero-order valence-electron chi connectivity index (χ0n) is 10.8. The third kappa shape index (κ3) is 3.14. The van der Waals surface area contributed by atoms with Crippen molar-refractivity contribution >= 4 is 15.7 Å². The Labute approximate surface area is 116 Å². The Balaban J connectivity index is 2.18. The second kappa shape index (κ2) is 5.47. The first-order valence-corrected chi connectivity index (χ1v) is 7.87. The minimum atomic E-state index is -3.74. The van der Waals surface area contributed by atoms with E-state index in [0.29, 0.717) is 12.8 Å². The number of nitro benzene ring substituents is 1.